The van der Waals surface area contributed by atoms with Crippen LogP contribution in [0.15, 0.2) is 41.2 Å². The van der Waals surface area contributed by atoms with Gasteiger partial charge in [-0.2, -0.15) is 11.3 Å². The minimum atomic E-state index is 0.761. The minimum Gasteiger partial charge on any atom is -0.380 e. The van der Waals surface area contributed by atoms with Gasteiger partial charge in [-0.15, -0.1) is 0 Å². The van der Waals surface area contributed by atoms with E-state index in [0.29, 0.717) is 0 Å². The fraction of sp³-hybridized carbons (Fsp3) is 0.0769. The van der Waals surface area contributed by atoms with Gasteiger partial charge in [-0.3, -0.25) is 0 Å². The number of benzene rings is 1. The smallest absolute Gasteiger partial charge is 0.0472 e. The van der Waals surface area contributed by atoms with E-state index in [1.807, 2.05) is 18.3 Å². The molecule has 4 heteroatoms. The lowest BCUT2D eigenvalue weighted by atomic mass is 10.2. The molecule has 0 saturated heterocycles. The van der Waals surface area contributed by atoms with Crippen LogP contribution in [0.1, 0.15) is 5.56 Å². The van der Waals surface area contributed by atoms with Crippen LogP contribution < -0.4 is 5.32 Å². The first kappa shape index (κ1) is 10.7. The molecule has 0 aliphatic rings. The molecule has 2 aromatic heterocycles. The first-order valence-electron chi connectivity index (χ1n) is 5.34. The van der Waals surface area contributed by atoms with Crippen LogP contribution in [-0.4, -0.2) is 4.98 Å². The highest BCUT2D eigenvalue weighted by atomic mass is 35.5. The Bertz CT molecular complexity index is 628. The van der Waals surface area contributed by atoms with Crippen molar-refractivity contribution in [3.8, 4) is 0 Å². The first-order chi connectivity index (χ1) is 8.33. The second-order valence-electron chi connectivity index (χ2n) is 3.87. The summed E-state index contributed by atoms with van der Waals surface area (Å²) in [5.74, 6) is 0. The van der Waals surface area contributed by atoms with Gasteiger partial charge in [-0.25, -0.2) is 0 Å². The second-order valence-corrected chi connectivity index (χ2v) is 5.09. The highest BCUT2D eigenvalue weighted by Gasteiger charge is 2.03. The number of thiophene rings is 1. The average Bonchev–Trinajstić information content (AvgIpc) is 2.94. The van der Waals surface area contributed by atoms with E-state index in [1.165, 1.54) is 16.6 Å². The molecule has 3 rings (SSSR count). The fourth-order valence-electron chi connectivity index (χ4n) is 1.87. The van der Waals surface area contributed by atoms with Crippen LogP contribution >= 0.6 is 22.9 Å². The van der Waals surface area contributed by atoms with Gasteiger partial charge in [0, 0.05) is 39.7 Å². The molecule has 2 N–H and O–H groups in total. The highest BCUT2D eigenvalue weighted by molar-refractivity contribution is 7.08. The summed E-state index contributed by atoms with van der Waals surface area (Å²) in [4.78, 5) is 3.24. The van der Waals surface area contributed by atoms with Gasteiger partial charge in [0.1, 0.15) is 0 Å². The monoisotopic (exact) mass is 262 g/mol. The van der Waals surface area contributed by atoms with E-state index in [1.54, 1.807) is 11.3 Å². The molecule has 0 amide bonds. The zero-order chi connectivity index (χ0) is 11.7. The van der Waals surface area contributed by atoms with Crippen molar-refractivity contribution in [3.05, 3.63) is 51.8 Å². The molecule has 86 valence electrons. The number of halogens is 1. The van der Waals surface area contributed by atoms with Gasteiger partial charge in [-0.1, -0.05) is 17.7 Å². The van der Waals surface area contributed by atoms with E-state index in [0.717, 1.165) is 17.1 Å². The molecule has 3 aromatic rings. The molecule has 0 aliphatic carbocycles. The SMILES string of the molecule is Clc1ccc2c(CNc3ccsc3)c[nH]c2c1. The summed E-state index contributed by atoms with van der Waals surface area (Å²) in [6.45, 7) is 0.818. The standard InChI is InChI=1S/C13H11ClN2S/c14-10-1-2-12-9(7-16-13(12)5-10)6-15-11-3-4-17-8-11/h1-5,7-8,15-16H,6H2. The largest absolute Gasteiger partial charge is 0.380 e. The predicted molar refractivity (Wildman–Crippen MR) is 75.0 cm³/mol. The summed E-state index contributed by atoms with van der Waals surface area (Å²) in [6.07, 6.45) is 2.03. The van der Waals surface area contributed by atoms with E-state index >= 15 is 0 Å². The first-order valence-corrected chi connectivity index (χ1v) is 6.66. The summed E-state index contributed by atoms with van der Waals surface area (Å²) in [7, 11) is 0. The fourth-order valence-corrected chi connectivity index (χ4v) is 2.65. The van der Waals surface area contributed by atoms with Crippen molar-refractivity contribution >= 4 is 39.5 Å². The van der Waals surface area contributed by atoms with Crippen LogP contribution in [0.3, 0.4) is 0 Å². The Kier molecular flexibility index (Phi) is 2.79. The maximum atomic E-state index is 5.95. The Balaban J connectivity index is 1.86. The van der Waals surface area contributed by atoms with Crippen molar-refractivity contribution < 1.29 is 0 Å². The summed E-state index contributed by atoms with van der Waals surface area (Å²) < 4.78 is 0. The maximum Gasteiger partial charge on any atom is 0.0472 e. The number of aromatic nitrogens is 1. The van der Waals surface area contributed by atoms with Crippen molar-refractivity contribution in [1.82, 2.24) is 4.98 Å². The van der Waals surface area contributed by atoms with Gasteiger partial charge in [0.05, 0.1) is 0 Å². The molecule has 0 aliphatic heterocycles. The van der Waals surface area contributed by atoms with Gasteiger partial charge in [-0.05, 0) is 29.1 Å². The van der Waals surface area contributed by atoms with Gasteiger partial charge in [0.15, 0.2) is 0 Å². The Morgan fingerprint density at radius 2 is 2.24 bits per heavy atom. The van der Waals surface area contributed by atoms with Crippen molar-refractivity contribution in [2.45, 2.75) is 6.54 Å². The van der Waals surface area contributed by atoms with Crippen LogP contribution in [0.2, 0.25) is 5.02 Å². The molecular formula is C13H11ClN2S. The average molecular weight is 263 g/mol. The van der Waals surface area contributed by atoms with Crippen molar-refractivity contribution in [2.75, 3.05) is 5.32 Å². The van der Waals surface area contributed by atoms with E-state index in [-0.39, 0.29) is 0 Å². The summed E-state index contributed by atoms with van der Waals surface area (Å²) >= 11 is 7.65. The van der Waals surface area contributed by atoms with Gasteiger partial charge in [0.2, 0.25) is 0 Å². The summed E-state index contributed by atoms with van der Waals surface area (Å²) in [5, 5.41) is 9.54. The number of hydrogen-bond acceptors (Lipinski definition) is 2. The zero-order valence-corrected chi connectivity index (χ0v) is 10.6. The molecule has 17 heavy (non-hydrogen) atoms. The molecule has 0 unspecified atom stereocenters. The number of fused-ring (bicyclic) bond motifs is 1. The van der Waals surface area contributed by atoms with Crippen molar-refractivity contribution in [1.29, 1.82) is 0 Å². The summed E-state index contributed by atoms with van der Waals surface area (Å²) in [5.41, 5.74) is 3.50. The molecule has 0 atom stereocenters. The third kappa shape index (κ3) is 2.16. The number of hydrogen-bond donors (Lipinski definition) is 2. The normalized spacial score (nSPS) is 10.9. The quantitative estimate of drug-likeness (QED) is 0.715. The lowest BCUT2D eigenvalue weighted by Crippen LogP contribution is -1.96. The van der Waals surface area contributed by atoms with Crippen molar-refractivity contribution in [2.24, 2.45) is 0 Å². The predicted octanol–water partition coefficient (Wildman–Crippen LogP) is 4.49. The van der Waals surface area contributed by atoms with E-state index in [4.69, 9.17) is 11.6 Å². The minimum absolute atomic E-state index is 0.761. The van der Waals surface area contributed by atoms with Gasteiger partial charge < -0.3 is 10.3 Å². The van der Waals surface area contributed by atoms with Gasteiger partial charge >= 0.3 is 0 Å². The van der Waals surface area contributed by atoms with E-state index in [2.05, 4.69) is 33.2 Å². The Hall–Kier alpha value is -1.45. The molecule has 0 bridgehead atoms. The van der Waals surface area contributed by atoms with E-state index in [9.17, 15) is 0 Å². The van der Waals surface area contributed by atoms with Crippen LogP contribution in [0.25, 0.3) is 10.9 Å². The van der Waals surface area contributed by atoms with Gasteiger partial charge in [0.25, 0.3) is 0 Å². The van der Waals surface area contributed by atoms with Crippen LogP contribution in [0.5, 0.6) is 0 Å². The third-order valence-electron chi connectivity index (χ3n) is 2.73. The molecule has 0 saturated carbocycles. The molecule has 2 heterocycles. The molecule has 1 aromatic carbocycles. The Morgan fingerprint density at radius 3 is 3.06 bits per heavy atom. The highest BCUT2D eigenvalue weighted by Crippen LogP contribution is 2.23. The molecular weight excluding hydrogens is 252 g/mol. The molecule has 0 fully saturated rings. The van der Waals surface area contributed by atoms with Crippen molar-refractivity contribution in [3.63, 3.8) is 0 Å². The molecule has 2 nitrogen and oxygen atoms in total. The lowest BCUT2D eigenvalue weighted by molar-refractivity contribution is 1.17. The van der Waals surface area contributed by atoms with Crippen LogP contribution in [0.4, 0.5) is 5.69 Å². The molecule has 0 radical (unpaired) electrons. The summed E-state index contributed by atoms with van der Waals surface area (Å²) in [6, 6.07) is 8.01. The van der Waals surface area contributed by atoms with Crippen LogP contribution in [-0.2, 0) is 6.54 Å². The second kappa shape index (κ2) is 4.43. The number of nitrogens with one attached hydrogen (secondary N) is 2. The zero-order valence-electron chi connectivity index (χ0n) is 9.03. The van der Waals surface area contributed by atoms with Crippen LogP contribution in [0, 0.1) is 0 Å². The Morgan fingerprint density at radius 1 is 1.29 bits per heavy atom. The maximum absolute atomic E-state index is 5.95. The number of H-pyrrole nitrogens is 1. The Labute approximate surface area is 108 Å². The lowest BCUT2D eigenvalue weighted by Gasteiger charge is -2.02. The molecule has 0 spiro atoms. The number of aromatic amines is 1. The number of rotatable bonds is 3. The van der Waals surface area contributed by atoms with E-state index < -0.39 is 0 Å². The number of anilines is 1. The third-order valence-corrected chi connectivity index (χ3v) is 3.65. The topological polar surface area (TPSA) is 27.8 Å².